The summed E-state index contributed by atoms with van der Waals surface area (Å²) < 4.78 is 4.37. The summed E-state index contributed by atoms with van der Waals surface area (Å²) in [5.41, 5.74) is 11.4. The van der Waals surface area contributed by atoms with Crippen LogP contribution in [-0.4, -0.2) is 24.1 Å². The third-order valence-electron chi connectivity index (χ3n) is 10.3. The number of benzene rings is 7. The van der Waals surface area contributed by atoms with Crippen LogP contribution >= 0.6 is 0 Å². The number of para-hydroxylation sites is 4. The first kappa shape index (κ1) is 28.7. The van der Waals surface area contributed by atoms with Crippen LogP contribution in [0.25, 0.3) is 99.5 Å². The Morgan fingerprint density at radius 3 is 1.81 bits per heavy atom. The number of fused-ring (bicyclic) bond motifs is 10. The lowest BCUT2D eigenvalue weighted by molar-refractivity contribution is 0.949. The zero-order valence-corrected chi connectivity index (χ0v) is 28.0. The van der Waals surface area contributed by atoms with Crippen molar-refractivity contribution in [3.63, 3.8) is 0 Å². The minimum absolute atomic E-state index is 0.800. The fraction of sp³-hybridized carbons (Fsp3) is 0. The summed E-state index contributed by atoms with van der Waals surface area (Å²) in [6.07, 6.45) is 0. The molecule has 0 aliphatic heterocycles. The Morgan fingerprint density at radius 2 is 1.02 bits per heavy atom. The molecule has 11 aromatic rings. The largest absolute Gasteiger partial charge is 0.309 e. The molecule has 0 fully saturated rings. The quantitative estimate of drug-likeness (QED) is 0.176. The van der Waals surface area contributed by atoms with Gasteiger partial charge in [-0.2, -0.15) is 5.10 Å². The molecule has 5 heteroatoms. The van der Waals surface area contributed by atoms with Gasteiger partial charge in [-0.05, 0) is 42.5 Å². The molecular weight excluding hydrogens is 635 g/mol. The van der Waals surface area contributed by atoms with E-state index in [9.17, 15) is 0 Å². The van der Waals surface area contributed by atoms with Crippen molar-refractivity contribution in [1.29, 1.82) is 0 Å². The zero-order chi connectivity index (χ0) is 34.2. The third kappa shape index (κ3) is 4.26. The average Bonchev–Trinajstić information content (AvgIpc) is 3.82. The molecule has 0 saturated heterocycles. The summed E-state index contributed by atoms with van der Waals surface area (Å²) >= 11 is 0. The van der Waals surface area contributed by atoms with Crippen LogP contribution in [0.3, 0.4) is 0 Å². The lowest BCUT2D eigenvalue weighted by atomic mass is 9.96. The minimum Gasteiger partial charge on any atom is -0.309 e. The van der Waals surface area contributed by atoms with Gasteiger partial charge < -0.3 is 4.57 Å². The molecule has 0 aliphatic carbocycles. The maximum Gasteiger partial charge on any atom is 0.161 e. The lowest BCUT2D eigenvalue weighted by Gasteiger charge is -2.13. The molecule has 0 saturated carbocycles. The van der Waals surface area contributed by atoms with Crippen molar-refractivity contribution < 1.29 is 0 Å². The molecular formula is C47H29N5. The molecule has 0 radical (unpaired) electrons. The van der Waals surface area contributed by atoms with Crippen molar-refractivity contribution in [2.75, 3.05) is 0 Å². The normalized spacial score (nSPS) is 11.8. The molecule has 242 valence electrons. The Morgan fingerprint density at radius 1 is 0.385 bits per heavy atom. The highest BCUT2D eigenvalue weighted by molar-refractivity contribution is 6.29. The molecule has 0 spiro atoms. The van der Waals surface area contributed by atoms with Gasteiger partial charge in [0.25, 0.3) is 0 Å². The van der Waals surface area contributed by atoms with Gasteiger partial charge >= 0.3 is 0 Å². The van der Waals surface area contributed by atoms with E-state index in [1.165, 1.54) is 27.2 Å². The summed E-state index contributed by atoms with van der Waals surface area (Å²) in [6, 6.07) is 61.8. The number of hydrogen-bond donors (Lipinski definition) is 0. The summed E-state index contributed by atoms with van der Waals surface area (Å²) in [4.78, 5) is 10.5. The van der Waals surface area contributed by atoms with Crippen molar-refractivity contribution >= 4 is 59.9 Å². The molecule has 4 aromatic heterocycles. The fourth-order valence-corrected chi connectivity index (χ4v) is 7.97. The van der Waals surface area contributed by atoms with Crippen LogP contribution in [0.5, 0.6) is 0 Å². The second-order valence-electron chi connectivity index (χ2n) is 13.3. The highest BCUT2D eigenvalue weighted by Crippen LogP contribution is 2.42. The van der Waals surface area contributed by atoms with E-state index in [0.29, 0.717) is 0 Å². The maximum atomic E-state index is 5.32. The summed E-state index contributed by atoms with van der Waals surface area (Å²) in [6.45, 7) is 0. The molecule has 0 bridgehead atoms. The minimum atomic E-state index is 0.800. The summed E-state index contributed by atoms with van der Waals surface area (Å²) in [7, 11) is 0. The first-order valence-corrected chi connectivity index (χ1v) is 17.5. The Labute approximate surface area is 298 Å². The molecule has 0 atom stereocenters. The molecule has 52 heavy (non-hydrogen) atoms. The molecule has 11 rings (SSSR count). The van der Waals surface area contributed by atoms with E-state index < -0.39 is 0 Å². The molecule has 0 N–H and O–H groups in total. The molecule has 0 amide bonds. The summed E-state index contributed by atoms with van der Waals surface area (Å²) in [5, 5.41) is 12.1. The Hall–Kier alpha value is -7.11. The van der Waals surface area contributed by atoms with Crippen molar-refractivity contribution in [3.8, 4) is 39.6 Å². The number of pyridine rings is 1. The predicted octanol–water partition coefficient (Wildman–Crippen LogP) is 11.7. The Kier molecular flexibility index (Phi) is 6.18. The van der Waals surface area contributed by atoms with Gasteiger partial charge in [0, 0.05) is 54.7 Å². The van der Waals surface area contributed by atoms with Crippen molar-refractivity contribution in [2.45, 2.75) is 0 Å². The van der Waals surface area contributed by atoms with Crippen molar-refractivity contribution in [2.24, 2.45) is 0 Å². The fourth-order valence-electron chi connectivity index (χ4n) is 7.97. The van der Waals surface area contributed by atoms with Gasteiger partial charge in [0.2, 0.25) is 0 Å². The number of hydrogen-bond acceptors (Lipinski definition) is 3. The number of aromatic nitrogens is 5. The van der Waals surface area contributed by atoms with Gasteiger partial charge in [-0.1, -0.05) is 133 Å². The number of nitrogens with zero attached hydrogens (tertiary/aromatic N) is 5. The van der Waals surface area contributed by atoms with Crippen molar-refractivity contribution in [1.82, 2.24) is 24.1 Å². The molecule has 0 unspecified atom stereocenters. The zero-order valence-electron chi connectivity index (χ0n) is 28.0. The third-order valence-corrected chi connectivity index (χ3v) is 10.3. The van der Waals surface area contributed by atoms with Crippen LogP contribution in [0.2, 0.25) is 0 Å². The van der Waals surface area contributed by atoms with Gasteiger partial charge in [-0.15, -0.1) is 0 Å². The highest BCUT2D eigenvalue weighted by Gasteiger charge is 2.20. The molecule has 5 nitrogen and oxygen atoms in total. The molecule has 4 heterocycles. The van der Waals surface area contributed by atoms with Gasteiger partial charge in [-0.25, -0.2) is 14.5 Å². The molecule has 7 aromatic carbocycles. The topological polar surface area (TPSA) is 48.0 Å². The van der Waals surface area contributed by atoms with Gasteiger partial charge in [0.1, 0.15) is 0 Å². The lowest BCUT2D eigenvalue weighted by Crippen LogP contribution is -1.99. The Bertz CT molecular complexity index is 3160. The Balaban J connectivity index is 1.13. The van der Waals surface area contributed by atoms with E-state index in [-0.39, 0.29) is 0 Å². The van der Waals surface area contributed by atoms with Crippen LogP contribution in [0, 0.1) is 0 Å². The van der Waals surface area contributed by atoms with E-state index in [2.05, 4.69) is 156 Å². The predicted molar refractivity (Wildman–Crippen MR) is 214 cm³/mol. The first-order chi connectivity index (χ1) is 25.8. The van der Waals surface area contributed by atoms with Crippen LogP contribution in [-0.2, 0) is 0 Å². The highest BCUT2D eigenvalue weighted by atomic mass is 15.3. The average molecular weight is 664 g/mol. The second kappa shape index (κ2) is 11.2. The maximum absolute atomic E-state index is 5.32. The number of rotatable bonds is 4. The standard InChI is InChI=1S/C47H29N5/c1-3-13-30(14-4-1)40-29-43-34-17-7-10-20-38(34)49-47(52(43)50-40)32-25-23-31(24-26-32)46-37-27-28-42-45(44(37)35-18-8-11-21-39(35)48-46)36-19-9-12-22-41(36)51(42)33-15-5-2-6-16-33/h1-29H. The van der Waals surface area contributed by atoms with Crippen LogP contribution < -0.4 is 0 Å². The monoisotopic (exact) mass is 663 g/mol. The van der Waals surface area contributed by atoms with Crippen LogP contribution in [0.15, 0.2) is 176 Å². The van der Waals surface area contributed by atoms with Gasteiger partial charge in [-0.3, -0.25) is 0 Å². The van der Waals surface area contributed by atoms with Crippen molar-refractivity contribution in [3.05, 3.63) is 176 Å². The van der Waals surface area contributed by atoms with Gasteiger partial charge in [0.15, 0.2) is 5.82 Å². The van der Waals surface area contributed by atoms with Crippen LogP contribution in [0.4, 0.5) is 0 Å². The van der Waals surface area contributed by atoms with E-state index in [1.54, 1.807) is 0 Å². The van der Waals surface area contributed by atoms with Crippen LogP contribution in [0.1, 0.15) is 0 Å². The van der Waals surface area contributed by atoms with E-state index in [1.807, 2.05) is 28.8 Å². The first-order valence-electron chi connectivity index (χ1n) is 17.5. The van der Waals surface area contributed by atoms with Gasteiger partial charge in [0.05, 0.1) is 39.0 Å². The van der Waals surface area contributed by atoms with E-state index in [4.69, 9.17) is 15.1 Å². The molecule has 0 aliphatic rings. The smallest absolute Gasteiger partial charge is 0.161 e. The SMILES string of the molecule is c1ccc(-c2cc3c4ccccc4nc(-c4ccc(-c5nc6ccccc6c6c5ccc5c6c6ccccc6n5-c5ccccc5)cc4)n3n2)cc1. The second-order valence-corrected chi connectivity index (χ2v) is 13.3. The van der Waals surface area contributed by atoms with E-state index in [0.717, 1.165) is 72.3 Å². The van der Waals surface area contributed by atoms with E-state index >= 15 is 0 Å². The summed E-state index contributed by atoms with van der Waals surface area (Å²) in [5.74, 6) is 0.800.